The maximum Gasteiger partial charge on any atom is 0.247 e. The molecule has 5 N–H and O–H groups in total. The molecule has 0 fully saturated rings. The Kier molecular flexibility index (Phi) is 13.7. The van der Waals surface area contributed by atoms with E-state index in [4.69, 9.17) is 20.2 Å². The van der Waals surface area contributed by atoms with Crippen molar-refractivity contribution in [3.05, 3.63) is 0 Å². The SMILES string of the molecule is N#CCCO.NP(O)O. The van der Waals surface area contributed by atoms with Crippen LogP contribution in [-0.2, 0) is 0 Å². The lowest BCUT2D eigenvalue weighted by Crippen LogP contribution is -1.78. The van der Waals surface area contributed by atoms with Crippen molar-refractivity contribution in [1.82, 2.24) is 0 Å². The number of rotatable bonds is 1. The summed E-state index contributed by atoms with van der Waals surface area (Å²) in [6.45, 7) is -0.0174. The second-order valence-corrected chi connectivity index (χ2v) is 1.59. The van der Waals surface area contributed by atoms with Crippen molar-refractivity contribution >= 4 is 8.53 Å². The lowest BCUT2D eigenvalue weighted by atomic mass is 10.5. The van der Waals surface area contributed by atoms with Gasteiger partial charge >= 0.3 is 0 Å². The summed E-state index contributed by atoms with van der Waals surface area (Å²) in [4.78, 5) is 14.9. The van der Waals surface area contributed by atoms with E-state index in [0.717, 1.165) is 0 Å². The quantitative estimate of drug-likeness (QED) is 0.362. The highest BCUT2D eigenvalue weighted by molar-refractivity contribution is 7.42. The van der Waals surface area contributed by atoms with E-state index < -0.39 is 8.53 Å². The molecule has 5 nitrogen and oxygen atoms in total. The number of aliphatic hydroxyl groups is 1. The zero-order valence-corrected chi connectivity index (χ0v) is 5.62. The van der Waals surface area contributed by atoms with Crippen LogP contribution in [0.5, 0.6) is 0 Å². The number of nitrogens with two attached hydrogens (primary N) is 1. The summed E-state index contributed by atoms with van der Waals surface area (Å²) < 4.78 is 0. The number of aliphatic hydroxyl groups excluding tert-OH is 1. The zero-order chi connectivity index (χ0) is 7.70. The summed E-state index contributed by atoms with van der Waals surface area (Å²) in [6, 6.07) is 1.77. The van der Waals surface area contributed by atoms with Crippen molar-refractivity contribution in [2.75, 3.05) is 6.61 Å². The molecular weight excluding hydrogens is 143 g/mol. The molecule has 0 heterocycles. The molecular formula is C3H9N2O3P. The fourth-order valence-electron chi connectivity index (χ4n) is 0.0500. The van der Waals surface area contributed by atoms with Gasteiger partial charge in [-0.1, -0.05) is 0 Å². The van der Waals surface area contributed by atoms with Crippen LogP contribution in [0.25, 0.3) is 0 Å². The van der Waals surface area contributed by atoms with Crippen LogP contribution in [0.15, 0.2) is 0 Å². The van der Waals surface area contributed by atoms with Crippen molar-refractivity contribution in [2.45, 2.75) is 6.42 Å². The van der Waals surface area contributed by atoms with Gasteiger partial charge in [0.25, 0.3) is 0 Å². The first kappa shape index (κ1) is 11.5. The molecule has 0 rings (SSSR count). The molecule has 0 saturated carbocycles. The van der Waals surface area contributed by atoms with Crippen LogP contribution in [0.1, 0.15) is 6.42 Å². The molecule has 0 spiro atoms. The maximum atomic E-state index is 7.84. The van der Waals surface area contributed by atoms with Crippen LogP contribution >= 0.6 is 8.53 Å². The molecule has 0 aromatic carbocycles. The summed E-state index contributed by atoms with van der Waals surface area (Å²) in [6.07, 6.45) is 0.250. The molecule has 0 saturated heterocycles. The van der Waals surface area contributed by atoms with Gasteiger partial charge in [-0.2, -0.15) is 5.26 Å². The third kappa shape index (κ3) is 83.1. The molecule has 6 heteroatoms. The van der Waals surface area contributed by atoms with E-state index in [9.17, 15) is 0 Å². The molecule has 0 amide bonds. The predicted molar refractivity (Wildman–Crippen MR) is 32.9 cm³/mol. The van der Waals surface area contributed by atoms with Crippen LogP contribution in [0.3, 0.4) is 0 Å². The summed E-state index contributed by atoms with van der Waals surface area (Å²) in [7, 11) is -2.12. The van der Waals surface area contributed by atoms with Gasteiger partial charge in [0.2, 0.25) is 8.53 Å². The third-order valence-corrected chi connectivity index (χ3v) is 0.224. The Bertz CT molecular complexity index is 78.9. The molecule has 0 unspecified atom stereocenters. The van der Waals surface area contributed by atoms with Crippen LogP contribution in [0.4, 0.5) is 0 Å². The Hall–Kier alpha value is -0.240. The number of nitrogens with zero attached hydrogens (tertiary/aromatic N) is 1. The summed E-state index contributed by atoms with van der Waals surface area (Å²) in [5.74, 6) is 0. The highest BCUT2D eigenvalue weighted by Gasteiger charge is 1.72. The van der Waals surface area contributed by atoms with Gasteiger partial charge in [-0.25, -0.2) is 0 Å². The van der Waals surface area contributed by atoms with Gasteiger partial charge in [-0.15, -0.1) is 0 Å². The summed E-state index contributed by atoms with van der Waals surface area (Å²) in [5, 5.41) is 15.5. The Morgan fingerprint density at radius 1 is 1.56 bits per heavy atom. The highest BCUT2D eigenvalue weighted by atomic mass is 31.2. The standard InChI is InChI=1S/C3H5NO.H4NO2P/c4-2-1-3-5;1-4(2)3/h5H,1,3H2;2-3H,1H2. The van der Waals surface area contributed by atoms with E-state index in [2.05, 4.69) is 5.50 Å². The minimum Gasteiger partial charge on any atom is -0.395 e. The van der Waals surface area contributed by atoms with Gasteiger partial charge in [-0.3, -0.25) is 5.50 Å². The fraction of sp³-hybridized carbons (Fsp3) is 0.667. The first-order chi connectivity index (χ1) is 4.15. The van der Waals surface area contributed by atoms with Crippen molar-refractivity contribution in [3.8, 4) is 6.07 Å². The molecule has 0 aliphatic heterocycles. The maximum absolute atomic E-state index is 7.84. The first-order valence-electron chi connectivity index (χ1n) is 2.05. The van der Waals surface area contributed by atoms with E-state index in [-0.39, 0.29) is 13.0 Å². The van der Waals surface area contributed by atoms with Crippen molar-refractivity contribution in [3.63, 3.8) is 0 Å². The largest absolute Gasteiger partial charge is 0.395 e. The summed E-state index contributed by atoms with van der Waals surface area (Å²) >= 11 is 0. The van der Waals surface area contributed by atoms with Crippen molar-refractivity contribution < 1.29 is 14.9 Å². The predicted octanol–water partition coefficient (Wildman–Crippen LogP) is -0.951. The van der Waals surface area contributed by atoms with E-state index in [1.165, 1.54) is 0 Å². The van der Waals surface area contributed by atoms with Gasteiger partial charge < -0.3 is 14.9 Å². The molecule has 54 valence electrons. The molecule has 0 atom stereocenters. The highest BCUT2D eigenvalue weighted by Crippen LogP contribution is 2.05. The van der Waals surface area contributed by atoms with Gasteiger partial charge in [0.1, 0.15) is 0 Å². The fourth-order valence-corrected chi connectivity index (χ4v) is 0.0500. The average Bonchev–Trinajstić information content (AvgIpc) is 1.66. The van der Waals surface area contributed by atoms with Crippen LogP contribution in [0, 0.1) is 11.3 Å². The number of hydrogen-bond donors (Lipinski definition) is 4. The molecule has 0 aliphatic rings. The smallest absolute Gasteiger partial charge is 0.247 e. The van der Waals surface area contributed by atoms with Crippen LogP contribution < -0.4 is 5.50 Å². The second kappa shape index (κ2) is 10.7. The van der Waals surface area contributed by atoms with E-state index in [0.29, 0.717) is 0 Å². The molecule has 0 bridgehead atoms. The van der Waals surface area contributed by atoms with Gasteiger partial charge in [0.15, 0.2) is 0 Å². The normalized spacial score (nSPS) is 7.56. The zero-order valence-electron chi connectivity index (χ0n) is 4.73. The molecule has 0 aliphatic carbocycles. The lowest BCUT2D eigenvalue weighted by molar-refractivity contribution is 0.304. The molecule has 9 heavy (non-hydrogen) atoms. The van der Waals surface area contributed by atoms with Gasteiger partial charge in [0.05, 0.1) is 19.1 Å². The third-order valence-electron chi connectivity index (χ3n) is 0.224. The Morgan fingerprint density at radius 3 is 1.89 bits per heavy atom. The van der Waals surface area contributed by atoms with Crippen LogP contribution in [0.2, 0.25) is 0 Å². The van der Waals surface area contributed by atoms with E-state index >= 15 is 0 Å². The minimum atomic E-state index is -2.12. The monoisotopic (exact) mass is 152 g/mol. The second-order valence-electron chi connectivity index (χ2n) is 0.952. The topological polar surface area (TPSA) is 110 Å². The van der Waals surface area contributed by atoms with Crippen molar-refractivity contribution in [2.24, 2.45) is 5.50 Å². The lowest BCUT2D eigenvalue weighted by Gasteiger charge is -1.79. The summed E-state index contributed by atoms with van der Waals surface area (Å²) in [5.41, 5.74) is 4.29. The average molecular weight is 152 g/mol. The van der Waals surface area contributed by atoms with E-state index in [1.54, 1.807) is 6.07 Å². The number of nitriles is 1. The van der Waals surface area contributed by atoms with Gasteiger partial charge in [0, 0.05) is 0 Å². The minimum absolute atomic E-state index is 0.0174. The molecule has 0 radical (unpaired) electrons. The Morgan fingerprint density at radius 2 is 1.89 bits per heavy atom. The van der Waals surface area contributed by atoms with Crippen molar-refractivity contribution in [1.29, 1.82) is 5.26 Å². The Labute approximate surface area is 54.3 Å². The first-order valence-corrected chi connectivity index (χ1v) is 3.37. The number of hydrogen-bond acceptors (Lipinski definition) is 5. The molecule has 0 aromatic rings. The molecule has 0 aromatic heterocycles. The van der Waals surface area contributed by atoms with E-state index in [1.807, 2.05) is 0 Å². The Balaban J connectivity index is 0. The van der Waals surface area contributed by atoms with Crippen LogP contribution in [-0.4, -0.2) is 21.5 Å². The van der Waals surface area contributed by atoms with Gasteiger partial charge in [-0.05, 0) is 0 Å².